The van der Waals surface area contributed by atoms with Crippen molar-refractivity contribution in [3.8, 4) is 0 Å². The quantitative estimate of drug-likeness (QED) is 0.831. The van der Waals surface area contributed by atoms with Crippen LogP contribution in [0.5, 0.6) is 0 Å². The van der Waals surface area contributed by atoms with Crippen molar-refractivity contribution in [1.82, 2.24) is 10.2 Å². The van der Waals surface area contributed by atoms with Crippen molar-refractivity contribution in [2.75, 3.05) is 6.54 Å². The van der Waals surface area contributed by atoms with Crippen LogP contribution in [0.1, 0.15) is 51.9 Å². The van der Waals surface area contributed by atoms with Crippen LogP contribution in [0.15, 0.2) is 0 Å². The summed E-state index contributed by atoms with van der Waals surface area (Å²) in [6.45, 7) is 2.73. The normalized spacial score (nSPS) is 38.0. The second-order valence-corrected chi connectivity index (χ2v) is 7.48. The van der Waals surface area contributed by atoms with Crippen LogP contribution < -0.4 is 5.32 Å². The number of nitrogens with one attached hydrogen (secondary N) is 1. The number of nitrogens with zero attached hydrogens (tertiary/aromatic N) is 1. The lowest BCUT2D eigenvalue weighted by Gasteiger charge is -2.45. The summed E-state index contributed by atoms with van der Waals surface area (Å²) in [7, 11) is 0. The number of hydrogen-bond donors (Lipinski definition) is 1. The Balaban J connectivity index is 1.57. The van der Waals surface area contributed by atoms with Gasteiger partial charge >= 0.3 is 0 Å². The van der Waals surface area contributed by atoms with E-state index >= 15 is 0 Å². The number of hydrogen-bond acceptors (Lipinski definition) is 2. The minimum Gasteiger partial charge on any atom is -0.340 e. The van der Waals surface area contributed by atoms with E-state index in [2.05, 4.69) is 5.32 Å². The number of rotatable bonds is 5. The number of piperazine rings is 1. The van der Waals surface area contributed by atoms with Crippen molar-refractivity contribution >= 4 is 11.8 Å². The van der Waals surface area contributed by atoms with Crippen molar-refractivity contribution in [3.05, 3.63) is 0 Å². The summed E-state index contributed by atoms with van der Waals surface area (Å²) in [6, 6.07) is -0.173. The Morgan fingerprint density at radius 2 is 1.85 bits per heavy atom. The van der Waals surface area contributed by atoms with Gasteiger partial charge in [0.05, 0.1) is 0 Å². The smallest absolute Gasteiger partial charge is 0.249 e. The first-order chi connectivity index (χ1) is 9.59. The van der Waals surface area contributed by atoms with Gasteiger partial charge in [-0.2, -0.15) is 0 Å². The molecule has 1 heterocycles. The maximum Gasteiger partial charge on any atom is 0.249 e. The van der Waals surface area contributed by atoms with Gasteiger partial charge in [-0.3, -0.25) is 9.59 Å². The molecule has 0 aromatic heterocycles. The number of carbonyl (C=O) groups excluding carboxylic acids is 2. The Labute approximate surface area is 120 Å². The lowest BCUT2D eigenvalue weighted by Crippen LogP contribution is -2.70. The summed E-state index contributed by atoms with van der Waals surface area (Å²) < 4.78 is 0. The van der Waals surface area contributed by atoms with E-state index in [1.165, 1.54) is 12.8 Å². The topological polar surface area (TPSA) is 49.4 Å². The predicted octanol–water partition coefficient (Wildman–Crippen LogP) is 1.69. The second-order valence-electron chi connectivity index (χ2n) is 7.48. The van der Waals surface area contributed by atoms with Gasteiger partial charge in [-0.1, -0.05) is 12.8 Å². The Hall–Kier alpha value is -1.06. The number of amides is 2. The molecule has 4 rings (SSSR count). The van der Waals surface area contributed by atoms with E-state index in [0.717, 1.165) is 44.6 Å². The fraction of sp³-hybridized carbons (Fsp3) is 0.875. The van der Waals surface area contributed by atoms with Gasteiger partial charge in [0.2, 0.25) is 11.8 Å². The highest BCUT2D eigenvalue weighted by atomic mass is 16.2. The van der Waals surface area contributed by atoms with Crippen LogP contribution in [0.4, 0.5) is 0 Å². The van der Waals surface area contributed by atoms with Gasteiger partial charge in [-0.15, -0.1) is 0 Å². The average molecular weight is 276 g/mol. The van der Waals surface area contributed by atoms with Gasteiger partial charge in [0.25, 0.3) is 0 Å². The first kappa shape index (κ1) is 12.7. The Morgan fingerprint density at radius 3 is 2.40 bits per heavy atom. The summed E-state index contributed by atoms with van der Waals surface area (Å²) in [5.41, 5.74) is -0.619. The molecular formula is C16H24N2O2. The van der Waals surface area contributed by atoms with E-state index in [1.807, 2.05) is 11.8 Å². The first-order valence-corrected chi connectivity index (χ1v) is 8.22. The first-order valence-electron chi connectivity index (χ1n) is 8.22. The van der Waals surface area contributed by atoms with Crippen molar-refractivity contribution in [1.29, 1.82) is 0 Å². The zero-order valence-corrected chi connectivity index (χ0v) is 12.2. The van der Waals surface area contributed by atoms with Crippen molar-refractivity contribution in [2.24, 2.45) is 17.8 Å². The molecule has 0 radical (unpaired) electrons. The van der Waals surface area contributed by atoms with E-state index < -0.39 is 5.54 Å². The van der Waals surface area contributed by atoms with Crippen LogP contribution >= 0.6 is 0 Å². The van der Waals surface area contributed by atoms with E-state index in [0.29, 0.717) is 11.8 Å². The molecule has 0 spiro atoms. The van der Waals surface area contributed by atoms with Crippen LogP contribution in [0.3, 0.4) is 0 Å². The summed E-state index contributed by atoms with van der Waals surface area (Å²) in [4.78, 5) is 27.4. The summed E-state index contributed by atoms with van der Waals surface area (Å²) >= 11 is 0. The molecule has 110 valence electrons. The predicted molar refractivity (Wildman–Crippen MR) is 74.8 cm³/mol. The Kier molecular flexibility index (Phi) is 2.67. The minimum atomic E-state index is -0.619. The van der Waals surface area contributed by atoms with Gasteiger partial charge in [-0.05, 0) is 56.8 Å². The van der Waals surface area contributed by atoms with Crippen LogP contribution in [-0.4, -0.2) is 34.8 Å². The fourth-order valence-corrected chi connectivity index (χ4v) is 3.74. The second kappa shape index (κ2) is 4.22. The largest absolute Gasteiger partial charge is 0.340 e. The third kappa shape index (κ3) is 2.04. The summed E-state index contributed by atoms with van der Waals surface area (Å²) in [5.74, 6) is 1.89. The minimum absolute atomic E-state index is 0.109. The third-order valence-corrected chi connectivity index (χ3v) is 5.63. The molecule has 3 aliphatic carbocycles. The van der Waals surface area contributed by atoms with Gasteiger partial charge in [0.15, 0.2) is 0 Å². The van der Waals surface area contributed by atoms with Crippen molar-refractivity contribution in [3.63, 3.8) is 0 Å². The van der Waals surface area contributed by atoms with E-state index in [9.17, 15) is 9.59 Å². The average Bonchev–Trinajstić information content (AvgIpc) is 3.29. The summed E-state index contributed by atoms with van der Waals surface area (Å²) in [6.07, 6.45) is 8.06. The molecule has 2 amide bonds. The standard InChI is InChI=1S/C16H24N2O2/c1-16(12-6-7-12)15(20)18(9-8-10-2-3-10)13(11-4-5-11)14(19)17-16/h10-13H,2-9H2,1H3,(H,17,19). The fourth-order valence-electron chi connectivity index (χ4n) is 3.74. The SMILES string of the molecule is CC1(C2CC2)NC(=O)C(C2CC2)N(CCC2CC2)C1=O. The lowest BCUT2D eigenvalue weighted by atomic mass is 9.88. The van der Waals surface area contributed by atoms with E-state index in [-0.39, 0.29) is 17.9 Å². The zero-order valence-electron chi connectivity index (χ0n) is 12.2. The molecule has 0 bridgehead atoms. The molecule has 0 aromatic rings. The van der Waals surface area contributed by atoms with Crippen LogP contribution in [0, 0.1) is 17.8 Å². The molecule has 20 heavy (non-hydrogen) atoms. The van der Waals surface area contributed by atoms with E-state index in [1.54, 1.807) is 0 Å². The Bertz CT molecular complexity index is 451. The number of carbonyl (C=O) groups is 2. The molecule has 4 fully saturated rings. The van der Waals surface area contributed by atoms with Gasteiger partial charge in [0.1, 0.15) is 11.6 Å². The molecule has 2 atom stereocenters. The lowest BCUT2D eigenvalue weighted by molar-refractivity contribution is -0.156. The molecule has 1 N–H and O–H groups in total. The summed E-state index contributed by atoms with van der Waals surface area (Å²) in [5, 5.41) is 3.08. The van der Waals surface area contributed by atoms with Gasteiger partial charge < -0.3 is 10.2 Å². The highest BCUT2D eigenvalue weighted by Crippen LogP contribution is 2.45. The molecule has 1 saturated heterocycles. The van der Waals surface area contributed by atoms with E-state index in [4.69, 9.17) is 0 Å². The highest BCUT2D eigenvalue weighted by Gasteiger charge is 2.57. The maximum absolute atomic E-state index is 13.0. The molecule has 1 aliphatic heterocycles. The Morgan fingerprint density at radius 1 is 1.15 bits per heavy atom. The molecular weight excluding hydrogens is 252 g/mol. The van der Waals surface area contributed by atoms with Crippen LogP contribution in [0.2, 0.25) is 0 Å². The molecule has 0 aromatic carbocycles. The zero-order chi connectivity index (χ0) is 13.9. The molecule has 4 heteroatoms. The van der Waals surface area contributed by atoms with Crippen molar-refractivity contribution < 1.29 is 9.59 Å². The highest BCUT2D eigenvalue weighted by molar-refractivity contribution is 6.00. The third-order valence-electron chi connectivity index (χ3n) is 5.63. The molecule has 4 aliphatic rings. The van der Waals surface area contributed by atoms with Crippen molar-refractivity contribution in [2.45, 2.75) is 63.5 Å². The van der Waals surface area contributed by atoms with Gasteiger partial charge in [0, 0.05) is 6.54 Å². The molecule has 4 nitrogen and oxygen atoms in total. The monoisotopic (exact) mass is 276 g/mol. The molecule has 3 saturated carbocycles. The molecule has 2 unspecified atom stereocenters. The maximum atomic E-state index is 13.0. The van der Waals surface area contributed by atoms with Crippen LogP contribution in [-0.2, 0) is 9.59 Å². The van der Waals surface area contributed by atoms with Gasteiger partial charge in [-0.25, -0.2) is 0 Å². The van der Waals surface area contributed by atoms with Crippen LogP contribution in [0.25, 0.3) is 0 Å².